The number of aromatic nitrogens is 1. The van der Waals surface area contributed by atoms with Crippen LogP contribution in [-0.4, -0.2) is 96.0 Å². The van der Waals surface area contributed by atoms with Gasteiger partial charge in [0.05, 0.1) is 25.2 Å². The van der Waals surface area contributed by atoms with Gasteiger partial charge in [-0.05, 0) is 29.9 Å². The average molecular weight is 532 g/mol. The maximum atomic E-state index is 13.3. The molecule has 2 atom stereocenters. The van der Waals surface area contributed by atoms with Crippen molar-refractivity contribution in [2.24, 2.45) is 0 Å². The van der Waals surface area contributed by atoms with Gasteiger partial charge in [-0.25, -0.2) is 0 Å². The zero-order valence-corrected chi connectivity index (χ0v) is 21.0. The highest BCUT2D eigenvalue weighted by Gasteiger charge is 2.39. The van der Waals surface area contributed by atoms with E-state index in [9.17, 15) is 14.7 Å². The first-order valence-electron chi connectivity index (χ1n) is 11.9. The number of aliphatic hydroxyl groups is 1. The summed E-state index contributed by atoms with van der Waals surface area (Å²) in [5.74, 6) is -0.837. The molecule has 4 N–H and O–H groups in total. The molecule has 1 aromatic carbocycles. The van der Waals surface area contributed by atoms with Crippen molar-refractivity contribution >= 4 is 45.9 Å². The summed E-state index contributed by atoms with van der Waals surface area (Å²) >= 11 is 6.22. The van der Waals surface area contributed by atoms with Gasteiger partial charge < -0.3 is 35.1 Å². The Morgan fingerprint density at radius 1 is 1.32 bits per heavy atom. The van der Waals surface area contributed by atoms with Crippen molar-refractivity contribution in [1.82, 2.24) is 15.0 Å². The number of morpholine rings is 2. The number of nitrogens with zero attached hydrogens (tertiary/aromatic N) is 3. The first kappa shape index (κ1) is 26.8. The van der Waals surface area contributed by atoms with Gasteiger partial charge in [-0.15, -0.1) is 11.6 Å². The largest absolute Gasteiger partial charge is 0.380 e. The van der Waals surface area contributed by atoms with Crippen molar-refractivity contribution < 1.29 is 28.7 Å². The second-order valence-electron chi connectivity index (χ2n) is 8.65. The van der Waals surface area contributed by atoms with Crippen LogP contribution in [0.25, 0.3) is 11.0 Å². The minimum Gasteiger partial charge on any atom is -0.380 e. The summed E-state index contributed by atoms with van der Waals surface area (Å²) in [4.78, 5) is 29.8. The Balaban J connectivity index is 1.46. The van der Waals surface area contributed by atoms with Crippen LogP contribution in [0.15, 0.2) is 58.8 Å². The van der Waals surface area contributed by atoms with Crippen molar-refractivity contribution in [3.8, 4) is 0 Å². The van der Waals surface area contributed by atoms with Crippen LogP contribution in [0.2, 0.25) is 0 Å². The molecule has 2 aliphatic rings. The number of halogens is 1. The molecule has 0 spiro atoms. The summed E-state index contributed by atoms with van der Waals surface area (Å²) in [5, 5.41) is 17.6. The Labute approximate surface area is 219 Å². The second-order valence-corrected chi connectivity index (χ2v) is 8.91. The van der Waals surface area contributed by atoms with E-state index in [1.165, 1.54) is 11.0 Å². The van der Waals surface area contributed by atoms with E-state index in [0.29, 0.717) is 42.1 Å². The number of nitrogen functional groups attached to an aromatic ring is 1. The third-order valence-electron chi connectivity index (χ3n) is 6.10. The maximum Gasteiger partial charge on any atom is 0.259 e. The van der Waals surface area contributed by atoms with Crippen LogP contribution in [0.1, 0.15) is 0 Å². The van der Waals surface area contributed by atoms with Gasteiger partial charge in [-0.3, -0.25) is 14.5 Å². The predicted molar refractivity (Wildman–Crippen MR) is 139 cm³/mol. The number of rotatable bonds is 9. The number of alkyl halides is 1. The lowest BCUT2D eigenvalue weighted by molar-refractivity contribution is -0.163. The maximum absolute atomic E-state index is 13.3. The number of aliphatic hydroxyl groups excluding tert-OH is 1. The van der Waals surface area contributed by atoms with E-state index in [4.69, 9.17) is 31.3 Å². The molecule has 0 saturated carbocycles. The molecular formula is C25H30ClN5O6. The van der Waals surface area contributed by atoms with Gasteiger partial charge in [0.25, 0.3) is 11.8 Å². The van der Waals surface area contributed by atoms with Crippen LogP contribution < -0.4 is 11.1 Å². The van der Waals surface area contributed by atoms with Crippen molar-refractivity contribution in [3.05, 3.63) is 54.3 Å². The lowest BCUT2D eigenvalue weighted by Gasteiger charge is -2.35. The molecule has 3 heterocycles. The molecule has 2 fully saturated rings. The van der Waals surface area contributed by atoms with Gasteiger partial charge in [0, 0.05) is 49.5 Å². The summed E-state index contributed by atoms with van der Waals surface area (Å²) in [5.41, 5.74) is 7.90. The van der Waals surface area contributed by atoms with Gasteiger partial charge in [-0.1, -0.05) is 17.8 Å². The Kier molecular flexibility index (Phi) is 8.95. The van der Waals surface area contributed by atoms with E-state index in [0.717, 1.165) is 18.7 Å². The molecule has 12 heteroatoms. The molecule has 0 radical (unpaired) electrons. The topological polar surface area (TPSA) is 143 Å². The van der Waals surface area contributed by atoms with Gasteiger partial charge >= 0.3 is 0 Å². The van der Waals surface area contributed by atoms with Crippen LogP contribution in [-0.2, 0) is 19.1 Å². The summed E-state index contributed by atoms with van der Waals surface area (Å²) in [6.07, 6.45) is 1.96. The number of ether oxygens (including phenoxy) is 2. The van der Waals surface area contributed by atoms with Crippen LogP contribution in [0, 0.1) is 0 Å². The lowest BCUT2D eigenvalue weighted by atomic mass is 10.1. The molecule has 198 valence electrons. The number of hydrogen-bond acceptors (Lipinski definition) is 9. The smallest absolute Gasteiger partial charge is 0.259 e. The van der Waals surface area contributed by atoms with Gasteiger partial charge in [0.1, 0.15) is 0 Å². The zero-order chi connectivity index (χ0) is 26.4. The first-order chi connectivity index (χ1) is 17.9. The fourth-order valence-corrected chi connectivity index (χ4v) is 4.36. The van der Waals surface area contributed by atoms with E-state index in [-0.39, 0.29) is 24.8 Å². The summed E-state index contributed by atoms with van der Waals surface area (Å²) < 4.78 is 16.0. The highest BCUT2D eigenvalue weighted by molar-refractivity contribution is 6.19. The highest BCUT2D eigenvalue weighted by atomic mass is 35.5. The monoisotopic (exact) mass is 531 g/mol. The second kappa shape index (κ2) is 12.3. The number of benzene rings is 1. The molecule has 0 bridgehead atoms. The number of fused-ring (bicyclic) bond motifs is 1. The third-order valence-corrected chi connectivity index (χ3v) is 6.44. The van der Waals surface area contributed by atoms with Gasteiger partial charge in [-0.2, -0.15) is 0 Å². The van der Waals surface area contributed by atoms with Crippen LogP contribution in [0.3, 0.4) is 0 Å². The Hall–Kier alpha value is -3.22. The number of nitrogens with one attached hydrogen (secondary N) is 1. The van der Waals surface area contributed by atoms with Crippen molar-refractivity contribution in [2.45, 2.75) is 12.2 Å². The Bertz CT molecular complexity index is 1210. The molecule has 2 aliphatic heterocycles. The lowest BCUT2D eigenvalue weighted by Crippen LogP contribution is -2.54. The molecular weight excluding hydrogens is 502 g/mol. The number of anilines is 2. The quantitative estimate of drug-likeness (QED) is 0.324. The average Bonchev–Trinajstić information content (AvgIpc) is 3.28. The number of carbonyl (C=O) groups is 2. The van der Waals surface area contributed by atoms with Crippen molar-refractivity contribution in [3.63, 3.8) is 0 Å². The molecule has 0 aliphatic carbocycles. The highest BCUT2D eigenvalue weighted by Crippen LogP contribution is 2.24. The molecule has 2 aromatic rings. The minimum absolute atomic E-state index is 0.131. The molecule has 11 nitrogen and oxygen atoms in total. The summed E-state index contributed by atoms with van der Waals surface area (Å²) in [7, 11) is 0. The van der Waals surface area contributed by atoms with Gasteiger partial charge in [0.2, 0.25) is 0 Å². The zero-order valence-electron chi connectivity index (χ0n) is 20.3. The van der Waals surface area contributed by atoms with Crippen LogP contribution >= 0.6 is 11.6 Å². The van der Waals surface area contributed by atoms with E-state index >= 15 is 0 Å². The van der Waals surface area contributed by atoms with E-state index in [1.807, 2.05) is 6.08 Å². The SMILES string of the molecule is C=C/C=C(\C=C(/CCl)CN1CCOCC1)N1CCO[C@H]([C@@H](O)C(=O)Nc2ccc3c(N)noc3c2)C1=O. The van der Waals surface area contributed by atoms with Crippen molar-refractivity contribution in [1.29, 1.82) is 0 Å². The first-order valence-corrected chi connectivity index (χ1v) is 12.4. The Morgan fingerprint density at radius 2 is 2.11 bits per heavy atom. The van der Waals surface area contributed by atoms with Crippen LogP contribution in [0.5, 0.6) is 0 Å². The van der Waals surface area contributed by atoms with Crippen molar-refractivity contribution in [2.75, 3.05) is 62.9 Å². The minimum atomic E-state index is -1.75. The number of nitrogens with two attached hydrogens (primary N) is 1. The van der Waals surface area contributed by atoms with Gasteiger partial charge in [0.15, 0.2) is 23.6 Å². The number of allylic oxidation sites excluding steroid dienone is 3. The third kappa shape index (κ3) is 6.38. The molecule has 0 unspecified atom stereocenters. The van der Waals surface area contributed by atoms with E-state index < -0.39 is 24.0 Å². The summed E-state index contributed by atoms with van der Waals surface area (Å²) in [6.45, 7) is 7.68. The number of carbonyl (C=O) groups excluding carboxylic acids is 2. The van der Waals surface area contributed by atoms with E-state index in [1.54, 1.807) is 24.3 Å². The number of amides is 2. The molecule has 4 rings (SSSR count). The normalized spacial score (nSPS) is 20.8. The molecule has 1 aromatic heterocycles. The fraction of sp³-hybridized carbons (Fsp3) is 0.400. The van der Waals surface area contributed by atoms with Crippen LogP contribution in [0.4, 0.5) is 11.5 Å². The standard InChI is InChI=1S/C25H30ClN5O6/c1-2-3-18(12-16(14-26)15-30-6-9-35-10-7-30)31-8-11-36-22(25(31)34)21(32)24(33)28-17-4-5-19-20(13-17)37-29-23(19)27/h2-5,12-13,21-22,32H,1,6-11,14-15H2,(H2,27,29)(H,28,33)/b16-12+,18-3+/t21-,22-/m1/s1. The Morgan fingerprint density at radius 3 is 2.84 bits per heavy atom. The fourth-order valence-electron chi connectivity index (χ4n) is 4.20. The van der Waals surface area contributed by atoms with E-state index in [2.05, 4.69) is 22.0 Å². The molecule has 2 saturated heterocycles. The molecule has 2 amide bonds. The summed E-state index contributed by atoms with van der Waals surface area (Å²) in [6, 6.07) is 4.75. The predicted octanol–water partition coefficient (Wildman–Crippen LogP) is 1.50. The molecule has 37 heavy (non-hydrogen) atoms. The number of hydrogen-bond donors (Lipinski definition) is 3.